The SMILES string of the molecule is CC(c1cc2ccccc2o1)N(C)C(=O)c1ccc(S(=O)(=O)N(C)C(C)C)cc1. The van der Waals surface area contributed by atoms with Crippen molar-refractivity contribution in [3.8, 4) is 0 Å². The second kappa shape index (κ2) is 8.00. The highest BCUT2D eigenvalue weighted by atomic mass is 32.2. The van der Waals surface area contributed by atoms with Crippen molar-refractivity contribution >= 4 is 26.9 Å². The van der Waals surface area contributed by atoms with Gasteiger partial charge < -0.3 is 9.32 Å². The summed E-state index contributed by atoms with van der Waals surface area (Å²) in [5.74, 6) is 0.485. The van der Waals surface area contributed by atoms with E-state index in [1.807, 2.05) is 51.1 Å². The second-order valence-corrected chi connectivity index (χ2v) is 9.42. The molecule has 1 amide bonds. The number of rotatable bonds is 6. The van der Waals surface area contributed by atoms with Crippen LogP contribution < -0.4 is 0 Å². The van der Waals surface area contributed by atoms with Crippen LogP contribution in [-0.4, -0.2) is 43.7 Å². The van der Waals surface area contributed by atoms with Crippen LogP contribution in [0.25, 0.3) is 11.0 Å². The molecule has 0 aliphatic carbocycles. The Kier molecular flexibility index (Phi) is 5.82. The lowest BCUT2D eigenvalue weighted by Gasteiger charge is -2.24. The lowest BCUT2D eigenvalue weighted by atomic mass is 10.1. The molecule has 1 atom stereocenters. The zero-order valence-corrected chi connectivity index (χ0v) is 18.1. The largest absolute Gasteiger partial charge is 0.459 e. The Balaban J connectivity index is 1.80. The first-order valence-electron chi connectivity index (χ1n) is 9.46. The molecule has 0 N–H and O–H groups in total. The van der Waals surface area contributed by atoms with Gasteiger partial charge in [-0.3, -0.25) is 4.79 Å². The Bertz CT molecular complexity index is 1080. The number of benzene rings is 2. The van der Waals surface area contributed by atoms with E-state index < -0.39 is 10.0 Å². The van der Waals surface area contributed by atoms with Crippen LogP contribution in [0.5, 0.6) is 0 Å². The van der Waals surface area contributed by atoms with Gasteiger partial charge in [-0.2, -0.15) is 4.31 Å². The quantitative estimate of drug-likeness (QED) is 0.603. The van der Waals surface area contributed by atoms with E-state index in [1.54, 1.807) is 31.1 Å². The van der Waals surface area contributed by atoms with Gasteiger partial charge in [-0.15, -0.1) is 0 Å². The third-order valence-corrected chi connectivity index (χ3v) is 7.31. The Morgan fingerprint density at radius 2 is 1.59 bits per heavy atom. The lowest BCUT2D eigenvalue weighted by molar-refractivity contribution is 0.0727. The normalized spacial score (nSPS) is 13.2. The number of hydrogen-bond acceptors (Lipinski definition) is 4. The predicted octanol–water partition coefficient (Wildman–Crippen LogP) is 4.29. The number of nitrogens with zero attached hydrogens (tertiary/aromatic N) is 2. The van der Waals surface area contributed by atoms with E-state index >= 15 is 0 Å². The van der Waals surface area contributed by atoms with Crippen molar-refractivity contribution in [2.75, 3.05) is 14.1 Å². The van der Waals surface area contributed by atoms with E-state index in [2.05, 4.69) is 0 Å². The van der Waals surface area contributed by atoms with E-state index in [0.717, 1.165) is 11.0 Å². The van der Waals surface area contributed by atoms with Crippen molar-refractivity contribution in [2.24, 2.45) is 0 Å². The van der Waals surface area contributed by atoms with Gasteiger partial charge in [-0.25, -0.2) is 8.42 Å². The summed E-state index contributed by atoms with van der Waals surface area (Å²) in [5, 5.41) is 0.985. The molecule has 0 radical (unpaired) electrons. The fourth-order valence-electron chi connectivity index (χ4n) is 2.99. The molecule has 7 heteroatoms. The first kappa shape index (κ1) is 21.1. The highest BCUT2D eigenvalue weighted by Crippen LogP contribution is 2.28. The molecule has 0 aliphatic rings. The minimum Gasteiger partial charge on any atom is -0.459 e. The van der Waals surface area contributed by atoms with Gasteiger partial charge >= 0.3 is 0 Å². The molecule has 0 saturated heterocycles. The molecule has 3 rings (SSSR count). The zero-order valence-electron chi connectivity index (χ0n) is 17.3. The topological polar surface area (TPSA) is 70.8 Å². The summed E-state index contributed by atoms with van der Waals surface area (Å²) in [7, 11) is -0.332. The Labute approximate surface area is 171 Å². The maximum atomic E-state index is 12.9. The smallest absolute Gasteiger partial charge is 0.254 e. The van der Waals surface area contributed by atoms with E-state index in [9.17, 15) is 13.2 Å². The van der Waals surface area contributed by atoms with Crippen LogP contribution in [0.2, 0.25) is 0 Å². The summed E-state index contributed by atoms with van der Waals surface area (Å²) in [5.41, 5.74) is 1.20. The molecule has 1 aromatic heterocycles. The number of carbonyl (C=O) groups excluding carboxylic acids is 1. The van der Waals surface area contributed by atoms with Gasteiger partial charge in [0.25, 0.3) is 5.91 Å². The maximum Gasteiger partial charge on any atom is 0.254 e. The summed E-state index contributed by atoms with van der Waals surface area (Å²) in [6, 6.07) is 15.2. The van der Waals surface area contributed by atoms with E-state index in [1.165, 1.54) is 16.4 Å². The number of sulfonamides is 1. The number of amides is 1. The third-order valence-electron chi connectivity index (χ3n) is 5.26. The monoisotopic (exact) mass is 414 g/mol. The van der Waals surface area contributed by atoms with Crippen molar-refractivity contribution in [2.45, 2.75) is 37.8 Å². The molecule has 2 aromatic carbocycles. The zero-order chi connectivity index (χ0) is 21.3. The first-order valence-corrected chi connectivity index (χ1v) is 10.9. The summed E-state index contributed by atoms with van der Waals surface area (Å²) in [6.45, 7) is 5.51. The predicted molar refractivity (Wildman–Crippen MR) is 113 cm³/mol. The number of para-hydroxylation sites is 1. The van der Waals surface area contributed by atoms with Gasteiger partial charge in [0.05, 0.1) is 10.9 Å². The highest BCUT2D eigenvalue weighted by molar-refractivity contribution is 7.89. The van der Waals surface area contributed by atoms with Gasteiger partial charge in [-0.05, 0) is 57.2 Å². The van der Waals surface area contributed by atoms with Crippen LogP contribution in [-0.2, 0) is 10.0 Å². The van der Waals surface area contributed by atoms with Crippen LogP contribution in [0.15, 0.2) is 63.9 Å². The first-order chi connectivity index (χ1) is 13.6. The molecule has 0 spiro atoms. The number of hydrogen-bond donors (Lipinski definition) is 0. The van der Waals surface area contributed by atoms with E-state index in [0.29, 0.717) is 11.3 Å². The fourth-order valence-corrected chi connectivity index (χ4v) is 4.36. The molecular formula is C22H26N2O4S. The van der Waals surface area contributed by atoms with Gasteiger partial charge in [0.1, 0.15) is 11.3 Å². The van der Waals surface area contributed by atoms with E-state index in [4.69, 9.17) is 4.42 Å². The Morgan fingerprint density at radius 1 is 0.966 bits per heavy atom. The third kappa shape index (κ3) is 4.06. The standard InChI is InChI=1S/C22H26N2O4S/c1-15(2)24(5)29(26,27)19-12-10-17(11-13-19)22(25)23(4)16(3)21-14-18-8-6-7-9-20(18)28-21/h6-16H,1-5H3. The molecule has 3 aromatic rings. The van der Waals surface area contributed by atoms with Crippen molar-refractivity contribution in [3.05, 3.63) is 65.9 Å². The molecule has 0 fully saturated rings. The minimum absolute atomic E-state index is 0.155. The average Bonchev–Trinajstić information content (AvgIpc) is 3.15. The van der Waals surface area contributed by atoms with Crippen molar-refractivity contribution in [1.29, 1.82) is 0 Å². The lowest BCUT2D eigenvalue weighted by Crippen LogP contribution is -2.33. The van der Waals surface area contributed by atoms with Gasteiger partial charge in [0, 0.05) is 31.1 Å². The number of fused-ring (bicyclic) bond motifs is 1. The molecule has 154 valence electrons. The second-order valence-electron chi connectivity index (χ2n) is 7.42. The molecule has 29 heavy (non-hydrogen) atoms. The van der Waals surface area contributed by atoms with Gasteiger partial charge in [0.15, 0.2) is 0 Å². The maximum absolute atomic E-state index is 12.9. The summed E-state index contributed by atoms with van der Waals surface area (Å²) >= 11 is 0. The summed E-state index contributed by atoms with van der Waals surface area (Å²) < 4.78 is 32.3. The Morgan fingerprint density at radius 3 is 2.17 bits per heavy atom. The summed E-state index contributed by atoms with van der Waals surface area (Å²) in [6.07, 6.45) is 0. The minimum atomic E-state index is -3.58. The van der Waals surface area contributed by atoms with Gasteiger partial charge in [0.2, 0.25) is 10.0 Å². The molecular weight excluding hydrogens is 388 g/mol. The fraction of sp³-hybridized carbons (Fsp3) is 0.318. The molecule has 1 heterocycles. The molecule has 0 saturated carbocycles. The van der Waals surface area contributed by atoms with Crippen molar-refractivity contribution in [1.82, 2.24) is 9.21 Å². The van der Waals surface area contributed by atoms with Crippen LogP contribution in [0, 0.1) is 0 Å². The Hall–Kier alpha value is -2.64. The molecule has 1 unspecified atom stereocenters. The average molecular weight is 415 g/mol. The number of furan rings is 1. The van der Waals surface area contributed by atoms with E-state index in [-0.39, 0.29) is 22.9 Å². The van der Waals surface area contributed by atoms with Crippen LogP contribution >= 0.6 is 0 Å². The summed E-state index contributed by atoms with van der Waals surface area (Å²) in [4.78, 5) is 14.7. The molecule has 0 aliphatic heterocycles. The van der Waals surface area contributed by atoms with Crippen molar-refractivity contribution < 1.29 is 17.6 Å². The molecule has 0 bridgehead atoms. The van der Waals surface area contributed by atoms with Crippen LogP contribution in [0.1, 0.15) is 42.9 Å². The number of carbonyl (C=O) groups is 1. The highest BCUT2D eigenvalue weighted by Gasteiger charge is 2.25. The van der Waals surface area contributed by atoms with Crippen LogP contribution in [0.3, 0.4) is 0 Å². The van der Waals surface area contributed by atoms with Crippen molar-refractivity contribution in [3.63, 3.8) is 0 Å². The molecule has 6 nitrogen and oxygen atoms in total. The van der Waals surface area contributed by atoms with Crippen LogP contribution in [0.4, 0.5) is 0 Å². The van der Waals surface area contributed by atoms with Gasteiger partial charge in [-0.1, -0.05) is 18.2 Å².